The molecule has 0 spiro atoms. The second kappa shape index (κ2) is 10.0. The second-order valence-corrected chi connectivity index (χ2v) is 8.69. The molecule has 0 saturated carbocycles. The number of rotatable bonds is 7. The van der Waals surface area contributed by atoms with E-state index >= 15 is 0 Å². The Morgan fingerprint density at radius 1 is 1.17 bits per heavy atom. The summed E-state index contributed by atoms with van der Waals surface area (Å²) in [4.78, 5) is 10.8. The van der Waals surface area contributed by atoms with E-state index in [0.717, 1.165) is 34.5 Å². The molecule has 2 atom stereocenters. The van der Waals surface area contributed by atoms with E-state index in [1.807, 2.05) is 19.1 Å². The number of aliphatic carboxylic acids is 1. The first-order valence-electron chi connectivity index (χ1n) is 9.94. The van der Waals surface area contributed by atoms with Crippen LogP contribution in [0, 0.1) is 19.8 Å². The van der Waals surface area contributed by atoms with E-state index in [9.17, 15) is 4.79 Å². The standard InChI is InChI=1S/C25H32NO2P/c1-15(2)12-21(20-9-7-6-8-16(20)3)18(5)25(26)24-17(4)13-19(14-22(24)29)10-11-23(27)28/h6-11,13-15,25H,12,26,29H2,1-5H3,(H,27,28)/b11-10+,21-18+/t25-/m0/s1. The molecular formula is C25H32NO2P. The highest BCUT2D eigenvalue weighted by Gasteiger charge is 2.19. The molecule has 0 amide bonds. The van der Waals surface area contributed by atoms with Gasteiger partial charge in [-0.1, -0.05) is 44.2 Å². The van der Waals surface area contributed by atoms with Crippen molar-refractivity contribution in [2.75, 3.05) is 0 Å². The van der Waals surface area contributed by atoms with Gasteiger partial charge in [0.15, 0.2) is 0 Å². The zero-order chi connectivity index (χ0) is 21.7. The third kappa shape index (κ3) is 5.88. The monoisotopic (exact) mass is 409 g/mol. The number of hydrogen-bond donors (Lipinski definition) is 2. The zero-order valence-corrected chi connectivity index (χ0v) is 19.1. The first-order chi connectivity index (χ1) is 13.6. The Balaban J connectivity index is 2.56. The number of carbonyl (C=O) groups is 1. The fraction of sp³-hybridized carbons (Fsp3) is 0.320. The van der Waals surface area contributed by atoms with Gasteiger partial charge < -0.3 is 10.8 Å². The van der Waals surface area contributed by atoms with Crippen molar-refractivity contribution in [2.24, 2.45) is 11.7 Å². The van der Waals surface area contributed by atoms with Gasteiger partial charge >= 0.3 is 5.97 Å². The Bertz CT molecular complexity index is 934. The summed E-state index contributed by atoms with van der Waals surface area (Å²) in [6, 6.07) is 12.2. The van der Waals surface area contributed by atoms with E-state index in [-0.39, 0.29) is 6.04 Å². The van der Waals surface area contributed by atoms with Gasteiger partial charge in [-0.2, -0.15) is 0 Å². The summed E-state index contributed by atoms with van der Waals surface area (Å²) >= 11 is 0. The van der Waals surface area contributed by atoms with Gasteiger partial charge in [-0.25, -0.2) is 4.79 Å². The molecule has 0 fully saturated rings. The minimum absolute atomic E-state index is 0.228. The van der Waals surface area contributed by atoms with Crippen LogP contribution in [0.5, 0.6) is 0 Å². The van der Waals surface area contributed by atoms with Crippen LogP contribution >= 0.6 is 9.24 Å². The molecule has 29 heavy (non-hydrogen) atoms. The first-order valence-corrected chi connectivity index (χ1v) is 10.5. The van der Waals surface area contributed by atoms with Crippen LogP contribution in [0.3, 0.4) is 0 Å². The molecule has 0 saturated heterocycles. The fourth-order valence-corrected chi connectivity index (χ4v) is 4.35. The van der Waals surface area contributed by atoms with Gasteiger partial charge in [0, 0.05) is 6.08 Å². The molecule has 0 aliphatic heterocycles. The van der Waals surface area contributed by atoms with E-state index in [1.165, 1.54) is 22.3 Å². The third-order valence-corrected chi connectivity index (χ3v) is 5.67. The van der Waals surface area contributed by atoms with Gasteiger partial charge in [-0.3, -0.25) is 0 Å². The van der Waals surface area contributed by atoms with E-state index in [1.54, 1.807) is 6.08 Å². The summed E-state index contributed by atoms with van der Waals surface area (Å²) in [5.74, 6) is -0.434. The van der Waals surface area contributed by atoms with Crippen molar-refractivity contribution in [3.63, 3.8) is 0 Å². The van der Waals surface area contributed by atoms with Crippen LogP contribution in [0.4, 0.5) is 0 Å². The van der Waals surface area contributed by atoms with Gasteiger partial charge in [0.2, 0.25) is 0 Å². The molecule has 0 bridgehead atoms. The quantitative estimate of drug-likeness (QED) is 0.474. The first kappa shape index (κ1) is 23.1. The molecule has 1 unspecified atom stereocenters. The molecule has 3 N–H and O–H groups in total. The minimum Gasteiger partial charge on any atom is -0.478 e. The van der Waals surface area contributed by atoms with Crippen LogP contribution in [-0.2, 0) is 4.79 Å². The summed E-state index contributed by atoms with van der Waals surface area (Å²) in [7, 11) is 2.76. The lowest BCUT2D eigenvalue weighted by Gasteiger charge is -2.24. The molecular weight excluding hydrogens is 377 g/mol. The van der Waals surface area contributed by atoms with Crippen LogP contribution in [0.2, 0.25) is 0 Å². The Morgan fingerprint density at radius 3 is 2.38 bits per heavy atom. The van der Waals surface area contributed by atoms with E-state index in [4.69, 9.17) is 10.8 Å². The Labute approximate surface area is 176 Å². The lowest BCUT2D eigenvalue weighted by Crippen LogP contribution is -2.21. The molecule has 2 aromatic carbocycles. The largest absolute Gasteiger partial charge is 0.478 e. The van der Waals surface area contributed by atoms with Gasteiger partial charge in [0.1, 0.15) is 0 Å². The van der Waals surface area contributed by atoms with Crippen LogP contribution in [-0.4, -0.2) is 11.1 Å². The lowest BCUT2D eigenvalue weighted by atomic mass is 9.85. The van der Waals surface area contributed by atoms with E-state index in [0.29, 0.717) is 5.92 Å². The third-order valence-electron chi connectivity index (χ3n) is 5.20. The maximum absolute atomic E-state index is 10.8. The van der Waals surface area contributed by atoms with Crippen molar-refractivity contribution >= 4 is 32.2 Å². The molecule has 154 valence electrons. The second-order valence-electron chi connectivity index (χ2n) is 8.06. The van der Waals surface area contributed by atoms with Crippen molar-refractivity contribution in [3.05, 3.63) is 75.9 Å². The SMILES string of the molecule is C/C(=C(/CC(C)C)c1ccccc1C)[C@H](N)c1c(C)cc(/C=C/C(=O)O)cc1P. The van der Waals surface area contributed by atoms with Gasteiger partial charge in [0.25, 0.3) is 0 Å². The highest BCUT2D eigenvalue weighted by molar-refractivity contribution is 7.27. The van der Waals surface area contributed by atoms with Crippen molar-refractivity contribution in [1.82, 2.24) is 0 Å². The number of nitrogens with two attached hydrogens (primary N) is 1. The maximum atomic E-state index is 10.8. The van der Waals surface area contributed by atoms with Crippen molar-refractivity contribution < 1.29 is 9.90 Å². The average molecular weight is 410 g/mol. The molecule has 0 aliphatic carbocycles. The van der Waals surface area contributed by atoms with Crippen molar-refractivity contribution in [1.29, 1.82) is 0 Å². The van der Waals surface area contributed by atoms with E-state index < -0.39 is 5.97 Å². The Hall–Kier alpha value is -2.22. The molecule has 0 aromatic heterocycles. The average Bonchev–Trinajstić information content (AvgIpc) is 2.63. The molecule has 3 nitrogen and oxygen atoms in total. The summed E-state index contributed by atoms with van der Waals surface area (Å²) in [5, 5.41) is 9.87. The molecule has 4 heteroatoms. The van der Waals surface area contributed by atoms with Crippen molar-refractivity contribution in [2.45, 2.75) is 47.1 Å². The molecule has 0 radical (unpaired) electrons. The molecule has 0 heterocycles. The van der Waals surface area contributed by atoms with Crippen LogP contribution < -0.4 is 11.0 Å². The number of allylic oxidation sites excluding steroid dienone is 1. The van der Waals surface area contributed by atoms with Crippen LogP contribution in [0.25, 0.3) is 11.6 Å². The molecule has 2 rings (SSSR count). The highest BCUT2D eigenvalue weighted by Crippen LogP contribution is 2.34. The predicted molar refractivity (Wildman–Crippen MR) is 127 cm³/mol. The number of benzene rings is 2. The Kier molecular flexibility index (Phi) is 7.96. The number of carboxylic acid groups (broad SMARTS) is 1. The van der Waals surface area contributed by atoms with Gasteiger partial charge in [-0.15, -0.1) is 9.24 Å². The maximum Gasteiger partial charge on any atom is 0.328 e. The summed E-state index contributed by atoms with van der Waals surface area (Å²) in [6.07, 6.45) is 3.73. The number of hydrogen-bond acceptors (Lipinski definition) is 2. The Morgan fingerprint density at radius 2 is 1.83 bits per heavy atom. The van der Waals surface area contributed by atoms with Crippen LogP contribution in [0.15, 0.2) is 48.0 Å². The summed E-state index contributed by atoms with van der Waals surface area (Å²) in [5.41, 5.74) is 14.8. The summed E-state index contributed by atoms with van der Waals surface area (Å²) in [6.45, 7) is 10.8. The zero-order valence-electron chi connectivity index (χ0n) is 18.0. The smallest absolute Gasteiger partial charge is 0.328 e. The highest BCUT2D eigenvalue weighted by atomic mass is 31.0. The number of aryl methyl sites for hydroxylation is 2. The lowest BCUT2D eigenvalue weighted by molar-refractivity contribution is -0.131. The van der Waals surface area contributed by atoms with Gasteiger partial charge in [0.05, 0.1) is 6.04 Å². The van der Waals surface area contributed by atoms with E-state index in [2.05, 4.69) is 61.2 Å². The van der Waals surface area contributed by atoms with Gasteiger partial charge in [-0.05, 0) is 89.5 Å². The summed E-state index contributed by atoms with van der Waals surface area (Å²) < 4.78 is 0. The topological polar surface area (TPSA) is 63.3 Å². The normalized spacial score (nSPS) is 13.7. The number of carboxylic acids is 1. The minimum atomic E-state index is -0.955. The molecule has 2 aromatic rings. The van der Waals surface area contributed by atoms with Crippen LogP contribution in [0.1, 0.15) is 61.1 Å². The fourth-order valence-electron chi connectivity index (χ4n) is 3.75. The predicted octanol–water partition coefficient (Wildman–Crippen LogP) is 5.42. The molecule has 0 aliphatic rings. The van der Waals surface area contributed by atoms with Crippen molar-refractivity contribution in [3.8, 4) is 0 Å².